The number of nitrogens with one attached hydrogen (secondary N) is 1. The Balaban J connectivity index is 2.16. The van der Waals surface area contributed by atoms with E-state index >= 15 is 0 Å². The van der Waals surface area contributed by atoms with Gasteiger partial charge in [0.2, 0.25) is 5.96 Å². The van der Waals surface area contributed by atoms with Gasteiger partial charge in [-0.25, -0.2) is 4.79 Å². The lowest BCUT2D eigenvalue weighted by Crippen LogP contribution is -2.40. The van der Waals surface area contributed by atoms with E-state index in [0.29, 0.717) is 5.56 Å². The van der Waals surface area contributed by atoms with Crippen molar-refractivity contribution < 1.29 is 22.7 Å². The Morgan fingerprint density at radius 2 is 2.19 bits per heavy atom. The molecule has 1 aromatic rings. The van der Waals surface area contributed by atoms with Gasteiger partial charge >= 0.3 is 12.3 Å². The average Bonchev–Trinajstić information content (AvgIpc) is 2.79. The van der Waals surface area contributed by atoms with Crippen molar-refractivity contribution in [1.82, 2.24) is 10.2 Å². The Hall–Kier alpha value is -2.25. The number of ether oxygens (including phenoxy) is 1. The number of carbonyl (C=O) groups excluding carboxylic acids is 1. The molecule has 21 heavy (non-hydrogen) atoms. The molecular weight excluding hydrogens is 287 g/mol. The van der Waals surface area contributed by atoms with E-state index in [2.05, 4.69) is 15.0 Å². The Bertz CT molecular complexity index is 572. The molecule has 8 heteroatoms. The van der Waals surface area contributed by atoms with Crippen LogP contribution in [0.2, 0.25) is 0 Å². The van der Waals surface area contributed by atoms with E-state index in [9.17, 15) is 18.0 Å². The number of rotatable bonds is 1. The van der Waals surface area contributed by atoms with Gasteiger partial charge in [0.25, 0.3) is 0 Å². The molecule has 1 N–H and O–H groups in total. The number of amides is 1. The second-order valence-electron chi connectivity index (χ2n) is 4.53. The zero-order valence-electron chi connectivity index (χ0n) is 11.4. The SMILES string of the molecule is COC(=O)NC1=NCC(c2cccc(C(F)(F)F)c2)N1C. The third kappa shape index (κ3) is 3.26. The number of aliphatic imine (C=N–C) groups is 1. The molecule has 114 valence electrons. The molecular formula is C13H14F3N3O2. The summed E-state index contributed by atoms with van der Waals surface area (Å²) in [6.07, 6.45) is -5.06. The van der Waals surface area contributed by atoms with Crippen molar-refractivity contribution in [2.24, 2.45) is 4.99 Å². The molecule has 0 aliphatic carbocycles. The smallest absolute Gasteiger partial charge is 0.416 e. The maximum absolute atomic E-state index is 12.7. The molecule has 1 aliphatic heterocycles. The first kappa shape index (κ1) is 15.1. The number of carbonyl (C=O) groups is 1. The van der Waals surface area contributed by atoms with Crippen molar-refractivity contribution >= 4 is 12.1 Å². The maximum Gasteiger partial charge on any atom is 0.416 e. The summed E-state index contributed by atoms with van der Waals surface area (Å²) in [5.74, 6) is 0.268. The van der Waals surface area contributed by atoms with Crippen LogP contribution in [0.3, 0.4) is 0 Å². The van der Waals surface area contributed by atoms with Crippen LogP contribution in [-0.4, -0.2) is 37.7 Å². The summed E-state index contributed by atoms with van der Waals surface area (Å²) in [6, 6.07) is 4.72. The number of alkyl halides is 3. The molecule has 2 rings (SSSR count). The summed E-state index contributed by atoms with van der Waals surface area (Å²) in [4.78, 5) is 16.9. The van der Waals surface area contributed by atoms with Crippen LogP contribution in [0.15, 0.2) is 29.3 Å². The van der Waals surface area contributed by atoms with E-state index in [0.717, 1.165) is 12.1 Å². The van der Waals surface area contributed by atoms with E-state index in [1.807, 2.05) is 0 Å². The maximum atomic E-state index is 12.7. The van der Waals surface area contributed by atoms with Crippen LogP contribution in [0.4, 0.5) is 18.0 Å². The predicted molar refractivity (Wildman–Crippen MR) is 69.8 cm³/mol. The van der Waals surface area contributed by atoms with E-state index in [1.165, 1.54) is 13.2 Å². The van der Waals surface area contributed by atoms with Gasteiger partial charge in [0, 0.05) is 7.05 Å². The van der Waals surface area contributed by atoms with Crippen molar-refractivity contribution in [1.29, 1.82) is 0 Å². The zero-order valence-corrected chi connectivity index (χ0v) is 11.4. The number of hydrogen-bond donors (Lipinski definition) is 1. The fourth-order valence-electron chi connectivity index (χ4n) is 2.08. The van der Waals surface area contributed by atoms with Gasteiger partial charge in [-0.2, -0.15) is 13.2 Å². The monoisotopic (exact) mass is 301 g/mol. The topological polar surface area (TPSA) is 53.9 Å². The molecule has 1 atom stereocenters. The van der Waals surface area contributed by atoms with Gasteiger partial charge in [0.05, 0.1) is 25.3 Å². The highest BCUT2D eigenvalue weighted by molar-refractivity contribution is 5.94. The Labute approximate surface area is 119 Å². The molecule has 1 heterocycles. The second kappa shape index (κ2) is 5.63. The standard InChI is InChI=1S/C13H14F3N3O2/c1-19-10(7-17-11(19)18-12(20)21-2)8-4-3-5-9(6-8)13(14,15)16/h3-6,10H,7H2,1-2H3,(H,17,18,20). The lowest BCUT2D eigenvalue weighted by atomic mass is 10.0. The molecule has 0 saturated carbocycles. The van der Waals surface area contributed by atoms with Gasteiger partial charge in [0.15, 0.2) is 0 Å². The summed E-state index contributed by atoms with van der Waals surface area (Å²) < 4.78 is 42.7. The normalized spacial score (nSPS) is 18.4. The van der Waals surface area contributed by atoms with Gasteiger partial charge in [-0.05, 0) is 17.7 Å². The van der Waals surface area contributed by atoms with E-state index in [1.54, 1.807) is 18.0 Å². The molecule has 1 unspecified atom stereocenters. The first-order valence-electron chi connectivity index (χ1n) is 6.12. The first-order valence-corrected chi connectivity index (χ1v) is 6.12. The highest BCUT2D eigenvalue weighted by Crippen LogP contribution is 2.32. The molecule has 0 fully saturated rings. The lowest BCUT2D eigenvalue weighted by Gasteiger charge is -2.23. The van der Waals surface area contributed by atoms with Gasteiger partial charge in [-0.3, -0.25) is 10.3 Å². The van der Waals surface area contributed by atoms with Crippen LogP contribution in [0, 0.1) is 0 Å². The highest BCUT2D eigenvalue weighted by atomic mass is 19.4. The Morgan fingerprint density at radius 3 is 2.81 bits per heavy atom. The third-order valence-electron chi connectivity index (χ3n) is 3.21. The minimum Gasteiger partial charge on any atom is -0.453 e. The number of guanidine groups is 1. The number of methoxy groups -OCH3 is 1. The molecule has 5 nitrogen and oxygen atoms in total. The summed E-state index contributed by atoms with van der Waals surface area (Å²) in [5, 5.41) is 2.42. The number of nitrogens with zero attached hydrogens (tertiary/aromatic N) is 2. The Kier molecular flexibility index (Phi) is 4.06. The van der Waals surface area contributed by atoms with Crippen molar-refractivity contribution in [3.05, 3.63) is 35.4 Å². The van der Waals surface area contributed by atoms with Crippen molar-refractivity contribution in [2.75, 3.05) is 20.7 Å². The quantitative estimate of drug-likeness (QED) is 0.866. The van der Waals surface area contributed by atoms with Crippen LogP contribution < -0.4 is 5.32 Å². The number of likely N-dealkylation sites (N-methyl/N-ethyl adjacent to an activating group) is 1. The van der Waals surface area contributed by atoms with Crippen LogP contribution in [0.5, 0.6) is 0 Å². The summed E-state index contributed by atoms with van der Waals surface area (Å²) in [5.41, 5.74) is -0.222. The van der Waals surface area contributed by atoms with Gasteiger partial charge in [-0.15, -0.1) is 0 Å². The predicted octanol–water partition coefficient (Wildman–Crippen LogP) is 2.40. The molecule has 1 aliphatic rings. The van der Waals surface area contributed by atoms with Crippen LogP contribution in [0.25, 0.3) is 0 Å². The minimum absolute atomic E-state index is 0.261. The van der Waals surface area contributed by atoms with Crippen LogP contribution in [-0.2, 0) is 10.9 Å². The number of alkyl carbamates (subject to hydrolysis) is 1. The van der Waals surface area contributed by atoms with Crippen LogP contribution in [0.1, 0.15) is 17.2 Å². The third-order valence-corrected chi connectivity index (χ3v) is 3.21. The molecule has 0 bridgehead atoms. The van der Waals surface area contributed by atoms with Crippen LogP contribution >= 0.6 is 0 Å². The van der Waals surface area contributed by atoms with Gasteiger partial charge in [0.1, 0.15) is 0 Å². The molecule has 1 amide bonds. The molecule has 0 saturated heterocycles. The fourth-order valence-corrected chi connectivity index (χ4v) is 2.08. The molecule has 0 spiro atoms. The van der Waals surface area contributed by atoms with Gasteiger partial charge in [-0.1, -0.05) is 12.1 Å². The summed E-state index contributed by atoms with van der Waals surface area (Å²) >= 11 is 0. The number of benzene rings is 1. The Morgan fingerprint density at radius 1 is 1.48 bits per heavy atom. The molecule has 1 aromatic carbocycles. The first-order chi connectivity index (χ1) is 9.82. The van der Waals surface area contributed by atoms with E-state index in [4.69, 9.17) is 0 Å². The summed E-state index contributed by atoms with van der Waals surface area (Å²) in [7, 11) is 2.86. The van der Waals surface area contributed by atoms with Gasteiger partial charge < -0.3 is 9.64 Å². The number of halogens is 3. The van der Waals surface area contributed by atoms with Crippen molar-refractivity contribution in [2.45, 2.75) is 12.2 Å². The minimum atomic E-state index is -4.39. The van der Waals surface area contributed by atoms with Crippen molar-refractivity contribution in [3.8, 4) is 0 Å². The largest absolute Gasteiger partial charge is 0.453 e. The molecule has 0 aromatic heterocycles. The van der Waals surface area contributed by atoms with E-state index < -0.39 is 17.8 Å². The zero-order chi connectivity index (χ0) is 15.6. The fraction of sp³-hybridized carbons (Fsp3) is 0.385. The van der Waals surface area contributed by atoms with Crippen molar-refractivity contribution in [3.63, 3.8) is 0 Å². The second-order valence-corrected chi connectivity index (χ2v) is 4.53. The summed E-state index contributed by atoms with van der Waals surface area (Å²) in [6.45, 7) is 0.261. The van der Waals surface area contributed by atoms with E-state index in [-0.39, 0.29) is 18.5 Å². The number of hydrogen-bond acceptors (Lipinski definition) is 4. The highest BCUT2D eigenvalue weighted by Gasteiger charge is 2.33. The molecule has 0 radical (unpaired) electrons. The lowest BCUT2D eigenvalue weighted by molar-refractivity contribution is -0.137. The average molecular weight is 301 g/mol.